The molecule has 0 unspecified atom stereocenters. The summed E-state index contributed by atoms with van der Waals surface area (Å²) in [5, 5.41) is 5.89. The van der Waals surface area contributed by atoms with E-state index >= 15 is 0 Å². The van der Waals surface area contributed by atoms with Crippen LogP contribution in [0.3, 0.4) is 0 Å². The average Bonchev–Trinajstić information content (AvgIpc) is 2.80. The van der Waals surface area contributed by atoms with Crippen LogP contribution >= 0.6 is 0 Å². The number of benzene rings is 1. The first-order valence-corrected chi connectivity index (χ1v) is 10.2. The molecule has 8 heteroatoms. The Hall–Kier alpha value is -3.68. The molecule has 1 aliphatic rings. The number of rotatable bonds is 6. The number of urea groups is 1. The third-order valence-electron chi connectivity index (χ3n) is 5.10. The third kappa shape index (κ3) is 5.69. The molecule has 31 heavy (non-hydrogen) atoms. The van der Waals surface area contributed by atoms with Gasteiger partial charge in [0.05, 0.1) is 0 Å². The summed E-state index contributed by atoms with van der Waals surface area (Å²) in [7, 11) is 0. The molecule has 2 amide bonds. The lowest BCUT2D eigenvalue weighted by molar-refractivity contribution is 0.234. The summed E-state index contributed by atoms with van der Waals surface area (Å²) in [6.45, 7) is 1.93. The molecule has 1 aromatic carbocycles. The second kappa shape index (κ2) is 9.88. The number of piperidine rings is 1. The number of aromatic nitrogens is 2. The Bertz CT molecular complexity index is 1010. The van der Waals surface area contributed by atoms with Crippen LogP contribution in [-0.4, -0.2) is 35.1 Å². The summed E-state index contributed by atoms with van der Waals surface area (Å²) in [5.41, 5.74) is 0.701. The van der Waals surface area contributed by atoms with Gasteiger partial charge >= 0.3 is 6.03 Å². The van der Waals surface area contributed by atoms with E-state index in [0.29, 0.717) is 17.2 Å². The van der Waals surface area contributed by atoms with Gasteiger partial charge in [-0.3, -0.25) is 0 Å². The van der Waals surface area contributed by atoms with Gasteiger partial charge < -0.3 is 20.3 Å². The Morgan fingerprint density at radius 3 is 2.68 bits per heavy atom. The maximum atomic E-state index is 13.4. The fourth-order valence-corrected chi connectivity index (χ4v) is 3.50. The van der Waals surface area contributed by atoms with Crippen molar-refractivity contribution in [2.45, 2.75) is 25.4 Å². The van der Waals surface area contributed by atoms with E-state index in [1.165, 1.54) is 12.1 Å². The van der Waals surface area contributed by atoms with Crippen LogP contribution in [0.5, 0.6) is 11.6 Å². The van der Waals surface area contributed by atoms with Gasteiger partial charge in [-0.1, -0.05) is 18.2 Å². The first kappa shape index (κ1) is 20.6. The molecule has 3 heterocycles. The smallest absolute Gasteiger partial charge is 0.315 e. The standard InChI is InChI=1S/C23H24FN5O2/c24-18-6-3-7-20(15-18)31-22-17(5-4-12-26-22)16-27-23(30)28-19-9-13-29(14-10-19)21-8-1-2-11-25-21/h1-8,11-12,15,19H,9-10,13-14,16H2,(H2,27,28,30). The lowest BCUT2D eigenvalue weighted by Crippen LogP contribution is -2.48. The Kier molecular flexibility index (Phi) is 6.56. The molecule has 4 rings (SSSR count). The zero-order chi connectivity index (χ0) is 21.5. The summed E-state index contributed by atoms with van der Waals surface area (Å²) in [6.07, 6.45) is 5.08. The second-order valence-electron chi connectivity index (χ2n) is 7.30. The highest BCUT2D eigenvalue weighted by molar-refractivity contribution is 5.74. The molecule has 1 saturated heterocycles. The molecule has 0 spiro atoms. The Balaban J connectivity index is 1.27. The molecule has 0 radical (unpaired) electrons. The number of halogens is 1. The monoisotopic (exact) mass is 421 g/mol. The van der Waals surface area contributed by atoms with Crippen molar-refractivity contribution in [3.8, 4) is 11.6 Å². The fraction of sp³-hybridized carbons (Fsp3) is 0.261. The van der Waals surface area contributed by atoms with E-state index in [1.807, 2.05) is 24.3 Å². The highest BCUT2D eigenvalue weighted by Gasteiger charge is 2.21. The number of carbonyl (C=O) groups excluding carboxylic acids is 1. The molecule has 2 aromatic heterocycles. The van der Waals surface area contributed by atoms with Crippen molar-refractivity contribution in [1.29, 1.82) is 0 Å². The van der Waals surface area contributed by atoms with Crippen molar-refractivity contribution in [2.75, 3.05) is 18.0 Å². The molecule has 2 N–H and O–H groups in total. The molecule has 0 aliphatic carbocycles. The molecule has 3 aromatic rings. The lowest BCUT2D eigenvalue weighted by atomic mass is 10.1. The number of amides is 2. The number of anilines is 1. The van der Waals surface area contributed by atoms with Crippen molar-refractivity contribution < 1.29 is 13.9 Å². The summed E-state index contributed by atoms with van der Waals surface area (Å²) in [5.74, 6) is 1.26. The van der Waals surface area contributed by atoms with Gasteiger partial charge in [0.1, 0.15) is 17.4 Å². The van der Waals surface area contributed by atoms with Crippen molar-refractivity contribution in [2.24, 2.45) is 0 Å². The predicted octanol–water partition coefficient (Wildman–Crippen LogP) is 3.88. The first-order valence-electron chi connectivity index (χ1n) is 10.2. The van der Waals surface area contributed by atoms with Crippen LogP contribution in [0.4, 0.5) is 15.0 Å². The third-order valence-corrected chi connectivity index (χ3v) is 5.10. The Morgan fingerprint density at radius 1 is 1.06 bits per heavy atom. The van der Waals surface area contributed by atoms with Crippen molar-refractivity contribution >= 4 is 11.8 Å². The molecular formula is C23H24FN5O2. The van der Waals surface area contributed by atoms with Crippen molar-refractivity contribution in [3.05, 3.63) is 78.4 Å². The first-order chi connectivity index (χ1) is 15.2. The number of ether oxygens (including phenoxy) is 1. The number of nitrogens with one attached hydrogen (secondary N) is 2. The molecule has 1 fully saturated rings. The molecular weight excluding hydrogens is 397 g/mol. The van der Waals surface area contributed by atoms with Gasteiger partial charge in [-0.05, 0) is 43.2 Å². The van der Waals surface area contributed by atoms with Crippen LogP contribution in [0.1, 0.15) is 18.4 Å². The zero-order valence-corrected chi connectivity index (χ0v) is 17.0. The van der Waals surface area contributed by atoms with E-state index in [-0.39, 0.29) is 24.4 Å². The van der Waals surface area contributed by atoms with Crippen LogP contribution in [-0.2, 0) is 6.54 Å². The van der Waals surface area contributed by atoms with E-state index in [2.05, 4.69) is 25.5 Å². The molecule has 0 bridgehead atoms. The zero-order valence-electron chi connectivity index (χ0n) is 17.0. The quantitative estimate of drug-likeness (QED) is 0.632. The van der Waals surface area contributed by atoms with Crippen LogP contribution < -0.4 is 20.3 Å². The molecule has 7 nitrogen and oxygen atoms in total. The van der Waals surface area contributed by atoms with Crippen LogP contribution in [0.15, 0.2) is 67.0 Å². The van der Waals surface area contributed by atoms with Gasteiger partial charge in [0.25, 0.3) is 0 Å². The molecule has 0 atom stereocenters. The summed E-state index contributed by atoms with van der Waals surface area (Å²) < 4.78 is 19.1. The maximum absolute atomic E-state index is 13.4. The van der Waals surface area contributed by atoms with Gasteiger partial charge in [0.15, 0.2) is 0 Å². The van der Waals surface area contributed by atoms with Crippen LogP contribution in [0.25, 0.3) is 0 Å². The minimum atomic E-state index is -0.387. The number of pyridine rings is 2. The van der Waals surface area contributed by atoms with E-state index in [1.54, 1.807) is 30.6 Å². The van der Waals surface area contributed by atoms with Gasteiger partial charge in [-0.15, -0.1) is 0 Å². The van der Waals surface area contributed by atoms with Gasteiger partial charge in [-0.25, -0.2) is 19.2 Å². The number of hydrogen-bond donors (Lipinski definition) is 2. The number of hydrogen-bond acceptors (Lipinski definition) is 5. The van der Waals surface area contributed by atoms with Crippen LogP contribution in [0, 0.1) is 5.82 Å². The second-order valence-corrected chi connectivity index (χ2v) is 7.30. The van der Waals surface area contributed by atoms with E-state index in [9.17, 15) is 9.18 Å². The van der Waals surface area contributed by atoms with E-state index < -0.39 is 0 Å². The molecule has 0 saturated carbocycles. The SMILES string of the molecule is O=C(NCc1cccnc1Oc1cccc(F)c1)NC1CCN(c2ccccn2)CC1. The predicted molar refractivity (Wildman–Crippen MR) is 116 cm³/mol. The van der Waals surface area contributed by atoms with Gasteiger partial charge in [0, 0.05) is 49.7 Å². The highest BCUT2D eigenvalue weighted by atomic mass is 19.1. The highest BCUT2D eigenvalue weighted by Crippen LogP contribution is 2.23. The normalized spacial score (nSPS) is 14.2. The fourth-order valence-electron chi connectivity index (χ4n) is 3.50. The minimum absolute atomic E-state index is 0.108. The van der Waals surface area contributed by atoms with Gasteiger partial charge in [0.2, 0.25) is 5.88 Å². The van der Waals surface area contributed by atoms with Crippen molar-refractivity contribution in [1.82, 2.24) is 20.6 Å². The Labute approximate surface area is 180 Å². The largest absolute Gasteiger partial charge is 0.439 e. The minimum Gasteiger partial charge on any atom is -0.439 e. The lowest BCUT2D eigenvalue weighted by Gasteiger charge is -2.33. The number of carbonyl (C=O) groups is 1. The summed E-state index contributed by atoms with van der Waals surface area (Å²) >= 11 is 0. The maximum Gasteiger partial charge on any atom is 0.315 e. The van der Waals surface area contributed by atoms with E-state index in [0.717, 1.165) is 31.7 Å². The molecule has 1 aliphatic heterocycles. The molecule has 160 valence electrons. The van der Waals surface area contributed by atoms with Crippen LogP contribution in [0.2, 0.25) is 0 Å². The van der Waals surface area contributed by atoms with Crippen molar-refractivity contribution in [3.63, 3.8) is 0 Å². The van der Waals surface area contributed by atoms with Gasteiger partial charge in [-0.2, -0.15) is 0 Å². The summed E-state index contributed by atoms with van der Waals surface area (Å²) in [4.78, 5) is 23.2. The summed E-state index contributed by atoms with van der Waals surface area (Å²) in [6, 6.07) is 15.2. The topological polar surface area (TPSA) is 79.4 Å². The number of nitrogens with zero attached hydrogens (tertiary/aromatic N) is 3. The average molecular weight is 421 g/mol. The Morgan fingerprint density at radius 2 is 1.90 bits per heavy atom. The van der Waals surface area contributed by atoms with E-state index in [4.69, 9.17) is 4.74 Å².